The highest BCUT2D eigenvalue weighted by Crippen LogP contribution is 2.18. The molecule has 0 aliphatic carbocycles. The number of allylic oxidation sites excluding steroid dienone is 2. The molecule has 2 atom stereocenters. The first kappa shape index (κ1) is 17.4. The Balaban J connectivity index is 4.03. The van der Waals surface area contributed by atoms with Crippen LogP contribution in [0.3, 0.4) is 0 Å². The zero-order valence-corrected chi connectivity index (χ0v) is 12.1. The van der Waals surface area contributed by atoms with Crippen molar-refractivity contribution < 1.29 is 15.3 Å². The molecule has 18 heavy (non-hydrogen) atoms. The van der Waals surface area contributed by atoms with Crippen molar-refractivity contribution in [3.05, 3.63) is 24.3 Å². The van der Waals surface area contributed by atoms with Gasteiger partial charge in [-0.3, -0.25) is 0 Å². The maximum absolute atomic E-state index is 9.74. The number of aliphatic hydroxyl groups excluding tert-OH is 1. The highest BCUT2D eigenvalue weighted by Gasteiger charge is 2.23. The Morgan fingerprint density at radius 2 is 1.83 bits per heavy atom. The van der Waals surface area contributed by atoms with Gasteiger partial charge in [0.15, 0.2) is 0 Å². The summed E-state index contributed by atoms with van der Waals surface area (Å²) < 4.78 is 0. The average Bonchev–Trinajstić information content (AvgIpc) is 2.24. The van der Waals surface area contributed by atoms with E-state index in [4.69, 9.17) is 0 Å². The van der Waals surface area contributed by atoms with E-state index in [0.717, 1.165) is 18.4 Å². The smallest absolute Gasteiger partial charge is 0.0849 e. The maximum Gasteiger partial charge on any atom is 0.0849 e. The molecule has 0 spiro atoms. The van der Waals surface area contributed by atoms with Crippen LogP contribution in [0.15, 0.2) is 24.3 Å². The lowest BCUT2D eigenvalue weighted by Gasteiger charge is -2.24. The van der Waals surface area contributed by atoms with Crippen LogP contribution in [0.5, 0.6) is 0 Å². The van der Waals surface area contributed by atoms with E-state index in [0.29, 0.717) is 12.8 Å². The summed E-state index contributed by atoms with van der Waals surface area (Å²) >= 11 is 0. The maximum atomic E-state index is 9.74. The standard InChI is InChI=1S/C15H28O3/c1-6-15(5,18)11-7-8-12(2)9-10-13(16)14(3,4)17/h6,8,13,16-18H,1,7,9-11H2,2-5H3. The molecular weight excluding hydrogens is 228 g/mol. The zero-order valence-electron chi connectivity index (χ0n) is 12.1. The van der Waals surface area contributed by atoms with Gasteiger partial charge in [-0.1, -0.05) is 17.7 Å². The van der Waals surface area contributed by atoms with Gasteiger partial charge in [0.05, 0.1) is 17.3 Å². The predicted molar refractivity (Wildman–Crippen MR) is 75.4 cm³/mol. The lowest BCUT2D eigenvalue weighted by atomic mass is 9.95. The van der Waals surface area contributed by atoms with Crippen molar-refractivity contribution in [1.29, 1.82) is 0 Å². The van der Waals surface area contributed by atoms with Crippen LogP contribution in [0.2, 0.25) is 0 Å². The Labute approximate surface area is 111 Å². The highest BCUT2D eigenvalue weighted by molar-refractivity contribution is 5.01. The first-order chi connectivity index (χ1) is 8.08. The van der Waals surface area contributed by atoms with Crippen LogP contribution in [0, 0.1) is 0 Å². The van der Waals surface area contributed by atoms with Crippen LogP contribution in [0.1, 0.15) is 53.4 Å². The van der Waals surface area contributed by atoms with E-state index in [9.17, 15) is 15.3 Å². The fourth-order valence-corrected chi connectivity index (χ4v) is 1.53. The van der Waals surface area contributed by atoms with E-state index < -0.39 is 17.3 Å². The monoisotopic (exact) mass is 256 g/mol. The predicted octanol–water partition coefficient (Wildman–Crippen LogP) is 2.56. The van der Waals surface area contributed by atoms with Gasteiger partial charge in [0.25, 0.3) is 0 Å². The lowest BCUT2D eigenvalue weighted by molar-refractivity contribution is -0.0509. The molecule has 0 bridgehead atoms. The zero-order chi connectivity index (χ0) is 14.4. The molecule has 0 aliphatic heterocycles. The Kier molecular flexibility index (Phi) is 6.82. The van der Waals surface area contributed by atoms with Crippen LogP contribution in [0.25, 0.3) is 0 Å². The molecule has 3 nitrogen and oxygen atoms in total. The number of hydrogen-bond acceptors (Lipinski definition) is 3. The van der Waals surface area contributed by atoms with Gasteiger partial charge in [0.2, 0.25) is 0 Å². The van der Waals surface area contributed by atoms with E-state index in [1.165, 1.54) is 0 Å². The SMILES string of the molecule is C=CC(C)(O)CCC=C(C)CCC(O)C(C)(C)O. The van der Waals surface area contributed by atoms with Crippen LogP contribution < -0.4 is 0 Å². The molecule has 0 heterocycles. The molecule has 0 aliphatic rings. The molecule has 0 amide bonds. The summed E-state index contributed by atoms with van der Waals surface area (Å²) in [4.78, 5) is 0. The van der Waals surface area contributed by atoms with Crippen molar-refractivity contribution >= 4 is 0 Å². The molecule has 0 rings (SSSR count). The van der Waals surface area contributed by atoms with E-state index in [2.05, 4.69) is 12.7 Å². The molecule has 3 N–H and O–H groups in total. The summed E-state index contributed by atoms with van der Waals surface area (Å²) in [7, 11) is 0. The first-order valence-corrected chi connectivity index (χ1v) is 6.50. The number of rotatable bonds is 8. The van der Waals surface area contributed by atoms with Gasteiger partial charge in [-0.15, -0.1) is 6.58 Å². The van der Waals surface area contributed by atoms with E-state index in [1.54, 1.807) is 26.8 Å². The Morgan fingerprint density at radius 1 is 1.28 bits per heavy atom. The van der Waals surface area contributed by atoms with Crippen LogP contribution in [-0.2, 0) is 0 Å². The molecule has 0 aromatic carbocycles. The van der Waals surface area contributed by atoms with Crippen molar-refractivity contribution in [2.75, 3.05) is 0 Å². The van der Waals surface area contributed by atoms with Crippen molar-refractivity contribution in [1.82, 2.24) is 0 Å². The van der Waals surface area contributed by atoms with Gasteiger partial charge >= 0.3 is 0 Å². The quantitative estimate of drug-likeness (QED) is 0.585. The number of aliphatic hydroxyl groups is 3. The molecule has 0 radical (unpaired) electrons. The normalized spacial score (nSPS) is 18.3. The second-order valence-electron chi connectivity index (χ2n) is 5.86. The van der Waals surface area contributed by atoms with Crippen LogP contribution >= 0.6 is 0 Å². The third kappa shape index (κ3) is 7.64. The minimum absolute atomic E-state index is 0.545. The first-order valence-electron chi connectivity index (χ1n) is 6.50. The van der Waals surface area contributed by atoms with Crippen LogP contribution in [-0.4, -0.2) is 32.6 Å². The van der Waals surface area contributed by atoms with Crippen molar-refractivity contribution in [2.24, 2.45) is 0 Å². The molecular formula is C15H28O3. The van der Waals surface area contributed by atoms with Gasteiger partial charge in [-0.25, -0.2) is 0 Å². The summed E-state index contributed by atoms with van der Waals surface area (Å²) in [6.45, 7) is 10.5. The average molecular weight is 256 g/mol. The molecule has 0 aromatic heterocycles. The van der Waals surface area contributed by atoms with Crippen molar-refractivity contribution in [2.45, 2.75) is 70.7 Å². The third-order valence-corrected chi connectivity index (χ3v) is 3.21. The minimum Gasteiger partial charge on any atom is -0.390 e. The summed E-state index contributed by atoms with van der Waals surface area (Å²) in [5.74, 6) is 0. The van der Waals surface area contributed by atoms with E-state index in [1.807, 2.05) is 6.92 Å². The van der Waals surface area contributed by atoms with Gasteiger partial charge in [0, 0.05) is 0 Å². The van der Waals surface area contributed by atoms with Gasteiger partial charge in [0.1, 0.15) is 0 Å². The topological polar surface area (TPSA) is 60.7 Å². The largest absolute Gasteiger partial charge is 0.390 e. The molecule has 0 saturated carbocycles. The van der Waals surface area contributed by atoms with Gasteiger partial charge in [-0.05, 0) is 53.4 Å². The minimum atomic E-state index is -1.05. The Bertz CT molecular complexity index is 285. The fraction of sp³-hybridized carbons (Fsp3) is 0.733. The molecule has 0 saturated heterocycles. The van der Waals surface area contributed by atoms with E-state index >= 15 is 0 Å². The lowest BCUT2D eigenvalue weighted by Crippen LogP contribution is -2.35. The molecule has 0 fully saturated rings. The fourth-order valence-electron chi connectivity index (χ4n) is 1.53. The van der Waals surface area contributed by atoms with E-state index in [-0.39, 0.29) is 0 Å². The second-order valence-corrected chi connectivity index (χ2v) is 5.86. The Hall–Kier alpha value is -0.640. The second kappa shape index (κ2) is 7.07. The molecule has 106 valence electrons. The van der Waals surface area contributed by atoms with Gasteiger partial charge < -0.3 is 15.3 Å². The summed E-state index contributed by atoms with van der Waals surface area (Å²) in [5, 5.41) is 29.0. The molecule has 0 aromatic rings. The Morgan fingerprint density at radius 3 is 2.28 bits per heavy atom. The van der Waals surface area contributed by atoms with Crippen molar-refractivity contribution in [3.8, 4) is 0 Å². The van der Waals surface area contributed by atoms with Crippen LogP contribution in [0.4, 0.5) is 0 Å². The number of hydrogen-bond donors (Lipinski definition) is 3. The highest BCUT2D eigenvalue weighted by atomic mass is 16.3. The molecule has 2 unspecified atom stereocenters. The summed E-state index contributed by atoms with van der Waals surface area (Å²) in [6.07, 6.45) is 5.62. The van der Waals surface area contributed by atoms with Crippen molar-refractivity contribution in [3.63, 3.8) is 0 Å². The van der Waals surface area contributed by atoms with Gasteiger partial charge in [-0.2, -0.15) is 0 Å². The summed E-state index contributed by atoms with van der Waals surface area (Å²) in [6, 6.07) is 0. The molecule has 3 heteroatoms. The third-order valence-electron chi connectivity index (χ3n) is 3.21. The summed E-state index contributed by atoms with van der Waals surface area (Å²) in [5.41, 5.74) is -0.700.